The highest BCUT2D eigenvalue weighted by Gasteiger charge is 2.04. The lowest BCUT2D eigenvalue weighted by atomic mass is 10.1. The third-order valence-corrected chi connectivity index (χ3v) is 2.62. The van der Waals surface area contributed by atoms with Crippen LogP contribution in [0.25, 0.3) is 10.8 Å². The average molecular weight is 214 g/mol. The Bertz CT molecular complexity index is 474. The third kappa shape index (κ3) is 2.11. The maximum Gasteiger partial charge on any atom is 0.129 e. The van der Waals surface area contributed by atoms with Crippen LogP contribution in [0.5, 0.6) is 5.75 Å². The molecule has 2 rings (SSSR count). The number of unbranched alkanes of at least 4 members (excludes halogenated alkanes) is 1. The van der Waals surface area contributed by atoms with E-state index in [0.717, 1.165) is 36.0 Å². The molecule has 1 N–H and O–H groups in total. The number of rotatable bonds is 4. The molecular weight excluding hydrogens is 198 g/mol. The van der Waals surface area contributed by atoms with Gasteiger partial charge in [0.2, 0.25) is 0 Å². The lowest BCUT2D eigenvalue weighted by Gasteiger charge is -2.10. The molecule has 0 bridgehead atoms. The second kappa shape index (κ2) is 4.88. The van der Waals surface area contributed by atoms with E-state index in [2.05, 4.69) is 6.92 Å². The van der Waals surface area contributed by atoms with Crippen molar-refractivity contribution < 1.29 is 4.74 Å². The predicted octanol–water partition coefficient (Wildman–Crippen LogP) is 3.93. The molecular formula is C14H16NO. The monoisotopic (exact) mass is 214 g/mol. The van der Waals surface area contributed by atoms with Gasteiger partial charge in [0.1, 0.15) is 5.75 Å². The fourth-order valence-electron chi connectivity index (χ4n) is 1.75. The summed E-state index contributed by atoms with van der Waals surface area (Å²) in [6.07, 6.45) is 2.18. The Morgan fingerprint density at radius 3 is 2.62 bits per heavy atom. The average Bonchev–Trinajstić information content (AvgIpc) is 2.30. The van der Waals surface area contributed by atoms with Crippen LogP contribution in [0, 0.1) is 0 Å². The summed E-state index contributed by atoms with van der Waals surface area (Å²) < 4.78 is 5.72. The summed E-state index contributed by atoms with van der Waals surface area (Å²) in [6.45, 7) is 2.87. The van der Waals surface area contributed by atoms with Gasteiger partial charge in [-0.2, -0.15) is 0 Å². The molecule has 2 heteroatoms. The van der Waals surface area contributed by atoms with E-state index in [1.165, 1.54) is 0 Å². The van der Waals surface area contributed by atoms with Crippen LogP contribution in [0.3, 0.4) is 0 Å². The smallest absolute Gasteiger partial charge is 0.129 e. The number of ether oxygens (including phenoxy) is 1. The van der Waals surface area contributed by atoms with Crippen LogP contribution in [-0.4, -0.2) is 6.61 Å². The molecule has 0 atom stereocenters. The van der Waals surface area contributed by atoms with Crippen LogP contribution < -0.4 is 10.5 Å². The van der Waals surface area contributed by atoms with Crippen molar-refractivity contribution in [2.75, 3.05) is 6.61 Å². The van der Waals surface area contributed by atoms with Gasteiger partial charge in [-0.05, 0) is 23.9 Å². The first-order valence-electron chi connectivity index (χ1n) is 5.69. The Kier molecular flexibility index (Phi) is 3.30. The number of nitrogens with one attached hydrogen (secondary N) is 1. The summed E-state index contributed by atoms with van der Waals surface area (Å²) in [7, 11) is 0. The largest absolute Gasteiger partial charge is 0.493 e. The van der Waals surface area contributed by atoms with Crippen LogP contribution in [0.2, 0.25) is 0 Å². The SMILES string of the molecule is CCCCOc1cccc2cccc([NH])c12. The van der Waals surface area contributed by atoms with Crippen molar-refractivity contribution in [1.82, 2.24) is 5.73 Å². The molecule has 0 unspecified atom stereocenters. The summed E-state index contributed by atoms with van der Waals surface area (Å²) in [5, 5.41) is 1.99. The van der Waals surface area contributed by atoms with E-state index in [9.17, 15) is 0 Å². The van der Waals surface area contributed by atoms with Crippen molar-refractivity contribution >= 4 is 16.5 Å². The fraction of sp³-hybridized carbons (Fsp3) is 0.286. The maximum atomic E-state index is 7.90. The molecule has 2 nitrogen and oxygen atoms in total. The van der Waals surface area contributed by atoms with Crippen molar-refractivity contribution in [2.24, 2.45) is 0 Å². The minimum Gasteiger partial charge on any atom is -0.493 e. The molecule has 0 saturated heterocycles. The van der Waals surface area contributed by atoms with Gasteiger partial charge in [0.05, 0.1) is 12.3 Å². The molecule has 0 aliphatic rings. The minimum atomic E-state index is 0.532. The Hall–Kier alpha value is -1.70. The maximum absolute atomic E-state index is 7.90. The lowest BCUT2D eigenvalue weighted by molar-refractivity contribution is 0.313. The van der Waals surface area contributed by atoms with E-state index in [1.807, 2.05) is 30.3 Å². The number of benzene rings is 2. The molecule has 0 aromatic heterocycles. The molecule has 1 radical (unpaired) electrons. The van der Waals surface area contributed by atoms with Crippen molar-refractivity contribution in [3.8, 4) is 5.75 Å². The first-order valence-corrected chi connectivity index (χ1v) is 5.69. The highest BCUT2D eigenvalue weighted by atomic mass is 16.5. The van der Waals surface area contributed by atoms with Gasteiger partial charge in [-0.15, -0.1) is 0 Å². The highest BCUT2D eigenvalue weighted by molar-refractivity contribution is 5.96. The second-order valence-electron chi connectivity index (χ2n) is 3.86. The van der Waals surface area contributed by atoms with Crippen LogP contribution in [0.15, 0.2) is 36.4 Å². The topological polar surface area (TPSA) is 33.0 Å². The van der Waals surface area contributed by atoms with Gasteiger partial charge in [-0.25, -0.2) is 0 Å². The summed E-state index contributed by atoms with van der Waals surface area (Å²) in [5.41, 5.74) is 8.44. The van der Waals surface area contributed by atoms with Gasteiger partial charge in [-0.1, -0.05) is 37.6 Å². The molecule has 16 heavy (non-hydrogen) atoms. The van der Waals surface area contributed by atoms with Crippen LogP contribution >= 0.6 is 0 Å². The van der Waals surface area contributed by atoms with E-state index in [1.54, 1.807) is 6.07 Å². The Morgan fingerprint density at radius 1 is 1.12 bits per heavy atom. The van der Waals surface area contributed by atoms with Crippen molar-refractivity contribution in [2.45, 2.75) is 19.8 Å². The molecule has 2 aromatic rings. The van der Waals surface area contributed by atoms with E-state index in [0.29, 0.717) is 5.69 Å². The number of hydrogen-bond donors (Lipinski definition) is 0. The molecule has 83 valence electrons. The number of fused-ring (bicyclic) bond motifs is 1. The molecule has 0 aliphatic carbocycles. The van der Waals surface area contributed by atoms with E-state index >= 15 is 0 Å². The zero-order valence-corrected chi connectivity index (χ0v) is 9.49. The molecule has 2 aromatic carbocycles. The van der Waals surface area contributed by atoms with Crippen molar-refractivity contribution in [3.63, 3.8) is 0 Å². The summed E-state index contributed by atoms with van der Waals surface area (Å²) in [6, 6.07) is 11.6. The summed E-state index contributed by atoms with van der Waals surface area (Å²) in [4.78, 5) is 0. The standard InChI is InChI=1S/C14H16NO/c1-2-3-10-16-13-9-5-7-11-6-4-8-12(15)14(11)13/h4-9,15H,2-3,10H2,1H3. The molecule has 0 heterocycles. The van der Waals surface area contributed by atoms with Gasteiger partial charge in [0.25, 0.3) is 0 Å². The van der Waals surface area contributed by atoms with E-state index < -0.39 is 0 Å². The van der Waals surface area contributed by atoms with Gasteiger partial charge in [0, 0.05) is 5.39 Å². The molecule has 0 spiro atoms. The first kappa shape index (κ1) is 10.8. The van der Waals surface area contributed by atoms with Crippen LogP contribution in [-0.2, 0) is 0 Å². The highest BCUT2D eigenvalue weighted by Crippen LogP contribution is 2.31. The normalized spacial score (nSPS) is 10.6. The quantitative estimate of drug-likeness (QED) is 0.710. The molecule has 0 fully saturated rings. The van der Waals surface area contributed by atoms with E-state index in [-0.39, 0.29) is 0 Å². The van der Waals surface area contributed by atoms with Crippen LogP contribution in [0.4, 0.5) is 5.69 Å². The molecule has 0 aliphatic heterocycles. The minimum absolute atomic E-state index is 0.532. The molecule has 0 saturated carbocycles. The Balaban J connectivity index is 2.37. The van der Waals surface area contributed by atoms with Crippen molar-refractivity contribution in [3.05, 3.63) is 36.4 Å². The Labute approximate surface area is 96.0 Å². The zero-order valence-electron chi connectivity index (χ0n) is 9.49. The summed E-state index contributed by atoms with van der Waals surface area (Å²) >= 11 is 0. The predicted molar refractivity (Wildman–Crippen MR) is 67.1 cm³/mol. The fourth-order valence-corrected chi connectivity index (χ4v) is 1.75. The van der Waals surface area contributed by atoms with Gasteiger partial charge in [0.15, 0.2) is 0 Å². The first-order chi connectivity index (χ1) is 7.83. The van der Waals surface area contributed by atoms with Gasteiger partial charge < -0.3 is 10.5 Å². The summed E-state index contributed by atoms with van der Waals surface area (Å²) in [5.74, 6) is 0.830. The lowest BCUT2D eigenvalue weighted by Crippen LogP contribution is -1.97. The molecule has 0 amide bonds. The van der Waals surface area contributed by atoms with Gasteiger partial charge in [-0.3, -0.25) is 0 Å². The van der Waals surface area contributed by atoms with Gasteiger partial charge >= 0.3 is 0 Å². The third-order valence-electron chi connectivity index (χ3n) is 2.62. The second-order valence-corrected chi connectivity index (χ2v) is 3.86. The Morgan fingerprint density at radius 2 is 1.88 bits per heavy atom. The zero-order chi connectivity index (χ0) is 11.4. The number of hydrogen-bond acceptors (Lipinski definition) is 1. The van der Waals surface area contributed by atoms with Crippen molar-refractivity contribution in [1.29, 1.82) is 0 Å². The van der Waals surface area contributed by atoms with Crippen LogP contribution in [0.1, 0.15) is 19.8 Å². The van der Waals surface area contributed by atoms with E-state index in [4.69, 9.17) is 10.5 Å².